The summed E-state index contributed by atoms with van der Waals surface area (Å²) in [5.41, 5.74) is 11.7. The van der Waals surface area contributed by atoms with Gasteiger partial charge in [0.1, 0.15) is 5.58 Å². The van der Waals surface area contributed by atoms with Crippen LogP contribution in [0.25, 0.3) is 88.2 Å². The molecule has 10 rings (SSSR count). The number of hydrogen-bond donors (Lipinski definition) is 0. The molecule has 45 heavy (non-hydrogen) atoms. The van der Waals surface area contributed by atoms with Crippen LogP contribution in [0, 0.1) is 0 Å². The Bertz CT molecular complexity index is 2720. The number of pyridine rings is 1. The first kappa shape index (κ1) is 24.3. The molecule has 0 aliphatic carbocycles. The molecule has 6 aromatic carbocycles. The highest BCUT2D eigenvalue weighted by atomic mass is 16.3. The Morgan fingerprint density at radius 3 is 1.78 bits per heavy atom. The average Bonchev–Trinajstić information content (AvgIpc) is 3.76. The van der Waals surface area contributed by atoms with Gasteiger partial charge in [-0.2, -0.15) is 0 Å². The molecule has 0 saturated carbocycles. The summed E-state index contributed by atoms with van der Waals surface area (Å²) in [4.78, 5) is 4.82. The first-order valence-corrected chi connectivity index (χ1v) is 15.2. The van der Waals surface area contributed by atoms with Gasteiger partial charge >= 0.3 is 0 Å². The van der Waals surface area contributed by atoms with Gasteiger partial charge in [-0.3, -0.25) is 4.98 Å². The molecule has 0 radical (unpaired) electrons. The lowest BCUT2D eigenvalue weighted by Crippen LogP contribution is -1.96. The van der Waals surface area contributed by atoms with Crippen molar-refractivity contribution < 1.29 is 4.42 Å². The van der Waals surface area contributed by atoms with Crippen molar-refractivity contribution in [3.63, 3.8) is 0 Å². The fraction of sp³-hybridized carbons (Fsp3) is 0. The molecular weight excluding hydrogens is 550 g/mol. The number of hydrogen-bond acceptors (Lipinski definition) is 2. The molecule has 10 aromatic rings. The largest absolute Gasteiger partial charge is 0.454 e. The smallest absolute Gasteiger partial charge is 0.160 e. The van der Waals surface area contributed by atoms with E-state index in [4.69, 9.17) is 9.40 Å². The van der Waals surface area contributed by atoms with Crippen LogP contribution in [0.5, 0.6) is 0 Å². The minimum atomic E-state index is 0.880. The number of rotatable bonds is 3. The minimum Gasteiger partial charge on any atom is -0.454 e. The zero-order valence-corrected chi connectivity index (χ0v) is 24.2. The second kappa shape index (κ2) is 9.18. The number of nitrogens with zero attached hydrogens (tertiary/aromatic N) is 3. The van der Waals surface area contributed by atoms with Gasteiger partial charge in [0.05, 0.1) is 27.6 Å². The summed E-state index contributed by atoms with van der Waals surface area (Å²) in [6, 6.07) is 51.7. The number of fused-ring (bicyclic) bond motifs is 10. The summed E-state index contributed by atoms with van der Waals surface area (Å²) >= 11 is 0. The SMILES string of the molecule is c1cc(-c2cccc(-n3c4cccnc4c4ccc5c6ccccc6oc5c43)c2)cc(-n2c3ccccc3c3ccccc32)c1. The van der Waals surface area contributed by atoms with Crippen molar-refractivity contribution in [3.05, 3.63) is 152 Å². The van der Waals surface area contributed by atoms with Crippen molar-refractivity contribution in [3.8, 4) is 22.5 Å². The van der Waals surface area contributed by atoms with Gasteiger partial charge in [0, 0.05) is 44.5 Å². The Morgan fingerprint density at radius 2 is 1.04 bits per heavy atom. The van der Waals surface area contributed by atoms with Crippen molar-refractivity contribution >= 4 is 65.7 Å². The van der Waals surface area contributed by atoms with Crippen molar-refractivity contribution in [1.29, 1.82) is 0 Å². The van der Waals surface area contributed by atoms with E-state index in [2.05, 4.69) is 137 Å². The summed E-state index contributed by atoms with van der Waals surface area (Å²) in [5, 5.41) is 5.83. The standard InChI is InChI=1S/C41H25N3O/c1-4-17-35-30(14-1)31-15-2-5-18-36(31)43(35)28-12-7-10-26(24-28)27-11-8-13-29(25-27)44-37-19-9-23-42-39(37)34-22-21-33-32-16-3-6-20-38(32)45-41(33)40(34)44/h1-25H. The predicted molar refractivity (Wildman–Crippen MR) is 186 cm³/mol. The lowest BCUT2D eigenvalue weighted by molar-refractivity contribution is 0.671. The maximum atomic E-state index is 6.55. The molecule has 0 saturated heterocycles. The highest BCUT2D eigenvalue weighted by Crippen LogP contribution is 2.40. The lowest BCUT2D eigenvalue weighted by atomic mass is 10.0. The highest BCUT2D eigenvalue weighted by molar-refractivity contribution is 6.20. The number of aromatic nitrogens is 3. The van der Waals surface area contributed by atoms with E-state index in [0.29, 0.717) is 0 Å². The summed E-state index contributed by atoms with van der Waals surface area (Å²) in [6.45, 7) is 0. The van der Waals surface area contributed by atoms with E-state index in [-0.39, 0.29) is 0 Å². The third kappa shape index (κ3) is 3.45. The fourth-order valence-corrected chi connectivity index (χ4v) is 7.21. The molecule has 4 aromatic heterocycles. The summed E-state index contributed by atoms with van der Waals surface area (Å²) in [5.74, 6) is 0. The summed E-state index contributed by atoms with van der Waals surface area (Å²) in [6.07, 6.45) is 1.87. The maximum absolute atomic E-state index is 6.55. The average molecular weight is 576 g/mol. The fourth-order valence-electron chi connectivity index (χ4n) is 7.21. The van der Waals surface area contributed by atoms with Crippen LogP contribution < -0.4 is 0 Å². The number of furan rings is 1. The molecule has 0 amide bonds. The van der Waals surface area contributed by atoms with Gasteiger partial charge in [-0.15, -0.1) is 0 Å². The normalized spacial score (nSPS) is 12.0. The third-order valence-electron chi connectivity index (χ3n) is 9.15. The lowest BCUT2D eigenvalue weighted by Gasteiger charge is -2.12. The van der Waals surface area contributed by atoms with Crippen LogP contribution in [0.3, 0.4) is 0 Å². The van der Waals surface area contributed by atoms with Crippen LogP contribution in [0.15, 0.2) is 156 Å². The first-order valence-electron chi connectivity index (χ1n) is 15.2. The van der Waals surface area contributed by atoms with Crippen LogP contribution >= 0.6 is 0 Å². The number of para-hydroxylation sites is 3. The summed E-state index contributed by atoms with van der Waals surface area (Å²) in [7, 11) is 0. The Labute approximate surface area is 258 Å². The molecule has 0 bridgehead atoms. The second-order valence-corrected chi connectivity index (χ2v) is 11.6. The molecule has 4 nitrogen and oxygen atoms in total. The van der Waals surface area contributed by atoms with E-state index < -0.39 is 0 Å². The van der Waals surface area contributed by atoms with Crippen molar-refractivity contribution in [2.24, 2.45) is 0 Å². The Hall–Kier alpha value is -6.13. The van der Waals surface area contributed by atoms with Crippen LogP contribution in [-0.4, -0.2) is 14.1 Å². The molecule has 0 aliphatic rings. The summed E-state index contributed by atoms with van der Waals surface area (Å²) < 4.78 is 11.2. The predicted octanol–water partition coefficient (Wildman–Crippen LogP) is 10.8. The van der Waals surface area contributed by atoms with Crippen molar-refractivity contribution in [2.75, 3.05) is 0 Å². The molecule has 0 N–H and O–H groups in total. The monoisotopic (exact) mass is 575 g/mol. The van der Waals surface area contributed by atoms with Crippen molar-refractivity contribution in [1.82, 2.24) is 14.1 Å². The molecule has 0 unspecified atom stereocenters. The molecule has 0 spiro atoms. The zero-order chi connectivity index (χ0) is 29.5. The van der Waals surface area contributed by atoms with Gasteiger partial charge in [-0.25, -0.2) is 0 Å². The van der Waals surface area contributed by atoms with Gasteiger partial charge < -0.3 is 13.6 Å². The third-order valence-corrected chi connectivity index (χ3v) is 9.15. The first-order chi connectivity index (χ1) is 22.3. The molecular formula is C41H25N3O. The van der Waals surface area contributed by atoms with E-state index in [1.807, 2.05) is 24.4 Å². The van der Waals surface area contributed by atoms with Gasteiger partial charge in [-0.1, -0.05) is 78.9 Å². The Balaban J connectivity index is 1.20. The molecule has 0 aliphatic heterocycles. The maximum Gasteiger partial charge on any atom is 0.160 e. The van der Waals surface area contributed by atoms with Gasteiger partial charge in [0.2, 0.25) is 0 Å². The van der Waals surface area contributed by atoms with Gasteiger partial charge in [0.15, 0.2) is 5.58 Å². The van der Waals surface area contributed by atoms with E-state index in [0.717, 1.165) is 66.4 Å². The minimum absolute atomic E-state index is 0.880. The van der Waals surface area contributed by atoms with Gasteiger partial charge in [0.25, 0.3) is 0 Å². The molecule has 210 valence electrons. The van der Waals surface area contributed by atoms with E-state index in [1.165, 1.54) is 21.8 Å². The van der Waals surface area contributed by atoms with Crippen LogP contribution in [0.2, 0.25) is 0 Å². The number of benzene rings is 6. The molecule has 4 heteroatoms. The molecule has 0 atom stereocenters. The van der Waals surface area contributed by atoms with Crippen LogP contribution in [0.1, 0.15) is 0 Å². The van der Waals surface area contributed by atoms with Gasteiger partial charge in [-0.05, 0) is 77.9 Å². The molecule has 4 heterocycles. The van der Waals surface area contributed by atoms with Crippen LogP contribution in [-0.2, 0) is 0 Å². The van der Waals surface area contributed by atoms with E-state index >= 15 is 0 Å². The Kier molecular flexibility index (Phi) is 4.96. The van der Waals surface area contributed by atoms with E-state index in [9.17, 15) is 0 Å². The van der Waals surface area contributed by atoms with Crippen molar-refractivity contribution in [2.45, 2.75) is 0 Å². The molecule has 0 fully saturated rings. The topological polar surface area (TPSA) is 35.9 Å². The zero-order valence-electron chi connectivity index (χ0n) is 24.2. The Morgan fingerprint density at radius 1 is 0.444 bits per heavy atom. The quantitative estimate of drug-likeness (QED) is 0.210. The van der Waals surface area contributed by atoms with E-state index in [1.54, 1.807) is 0 Å². The van der Waals surface area contributed by atoms with Crippen LogP contribution in [0.4, 0.5) is 0 Å². The highest BCUT2D eigenvalue weighted by Gasteiger charge is 2.20. The second-order valence-electron chi connectivity index (χ2n) is 11.6.